The lowest BCUT2D eigenvalue weighted by Gasteiger charge is -2.09. The van der Waals surface area contributed by atoms with Crippen molar-refractivity contribution in [1.82, 2.24) is 4.90 Å². The molecular weight excluding hydrogens is 206 g/mol. The second-order valence-corrected chi connectivity index (χ2v) is 3.54. The zero-order chi connectivity index (χ0) is 12.1. The molecular formula is C10H17N5O. The molecule has 0 radical (unpaired) electrons. The molecule has 0 aliphatic heterocycles. The highest BCUT2D eigenvalue weighted by molar-refractivity contribution is 5.93. The van der Waals surface area contributed by atoms with Crippen LogP contribution in [0, 0.1) is 6.92 Å². The fourth-order valence-electron chi connectivity index (χ4n) is 0.994. The Bertz CT molecular complexity index is 405. The zero-order valence-electron chi connectivity index (χ0n) is 9.77. The fraction of sp³-hybridized carbons (Fsp3) is 0.400. The van der Waals surface area contributed by atoms with Crippen LogP contribution in [0.25, 0.3) is 0 Å². The number of aliphatic imine (C=N–C) groups is 2. The van der Waals surface area contributed by atoms with E-state index in [0.717, 1.165) is 11.3 Å². The number of aryl methyl sites for hydroxylation is 1. The molecule has 0 saturated carbocycles. The van der Waals surface area contributed by atoms with Crippen LogP contribution in [0.4, 0.5) is 0 Å². The van der Waals surface area contributed by atoms with Gasteiger partial charge in [-0.25, -0.2) is 4.99 Å². The predicted octanol–water partition coefficient (Wildman–Crippen LogP) is 0.279. The molecule has 1 aromatic rings. The van der Waals surface area contributed by atoms with Crippen LogP contribution in [-0.2, 0) is 6.54 Å². The molecule has 0 amide bonds. The van der Waals surface area contributed by atoms with Crippen LogP contribution in [0.5, 0.6) is 0 Å². The molecule has 0 aliphatic carbocycles. The van der Waals surface area contributed by atoms with Crippen molar-refractivity contribution in [2.75, 3.05) is 14.1 Å². The number of hydrogen-bond donors (Lipinski definition) is 2. The first kappa shape index (κ1) is 12.1. The van der Waals surface area contributed by atoms with Crippen molar-refractivity contribution in [3.8, 4) is 0 Å². The van der Waals surface area contributed by atoms with Gasteiger partial charge in [-0.15, -0.1) is 0 Å². The summed E-state index contributed by atoms with van der Waals surface area (Å²) in [5.74, 6) is 1.32. The lowest BCUT2D eigenvalue weighted by molar-refractivity contribution is 0.530. The molecule has 0 fully saturated rings. The highest BCUT2D eigenvalue weighted by Gasteiger charge is 2.00. The van der Waals surface area contributed by atoms with Crippen molar-refractivity contribution in [2.45, 2.75) is 13.5 Å². The Kier molecular flexibility index (Phi) is 3.93. The maximum Gasteiger partial charge on any atom is 0.218 e. The van der Waals surface area contributed by atoms with Crippen LogP contribution in [0.3, 0.4) is 0 Å². The standard InChI is InChI=1S/C10H17N5O/c1-7-8(4-5-16-7)6-13-9(11)14-10(12)15(2)3/h4-5H,6H2,1-3H3,(H4,11,12,13,14). The van der Waals surface area contributed by atoms with E-state index in [1.165, 1.54) is 0 Å². The summed E-state index contributed by atoms with van der Waals surface area (Å²) < 4.78 is 5.14. The third kappa shape index (κ3) is 3.30. The predicted molar refractivity (Wildman–Crippen MR) is 64.1 cm³/mol. The number of nitrogens with two attached hydrogens (primary N) is 2. The van der Waals surface area contributed by atoms with E-state index in [0.29, 0.717) is 12.5 Å². The van der Waals surface area contributed by atoms with Gasteiger partial charge in [-0.1, -0.05) is 0 Å². The topological polar surface area (TPSA) is 93.1 Å². The summed E-state index contributed by atoms with van der Waals surface area (Å²) in [5, 5.41) is 0. The molecule has 6 nitrogen and oxygen atoms in total. The largest absolute Gasteiger partial charge is 0.469 e. The Morgan fingerprint density at radius 3 is 2.62 bits per heavy atom. The highest BCUT2D eigenvalue weighted by atomic mass is 16.3. The van der Waals surface area contributed by atoms with Gasteiger partial charge in [0.1, 0.15) is 5.76 Å². The number of nitrogens with zero attached hydrogens (tertiary/aromatic N) is 3. The van der Waals surface area contributed by atoms with Gasteiger partial charge in [-0.2, -0.15) is 4.99 Å². The van der Waals surface area contributed by atoms with E-state index in [9.17, 15) is 0 Å². The van der Waals surface area contributed by atoms with Gasteiger partial charge in [0.25, 0.3) is 0 Å². The first-order valence-electron chi connectivity index (χ1n) is 4.85. The molecule has 1 heterocycles. The minimum atomic E-state index is 0.159. The lowest BCUT2D eigenvalue weighted by Crippen LogP contribution is -2.32. The number of hydrogen-bond acceptors (Lipinski definition) is 2. The smallest absolute Gasteiger partial charge is 0.218 e. The van der Waals surface area contributed by atoms with E-state index in [-0.39, 0.29) is 5.96 Å². The molecule has 0 unspecified atom stereocenters. The average Bonchev–Trinajstić information content (AvgIpc) is 2.61. The summed E-state index contributed by atoms with van der Waals surface area (Å²) in [6.07, 6.45) is 1.62. The third-order valence-electron chi connectivity index (χ3n) is 2.06. The van der Waals surface area contributed by atoms with E-state index in [1.807, 2.05) is 13.0 Å². The van der Waals surface area contributed by atoms with Gasteiger partial charge in [0.2, 0.25) is 5.96 Å². The molecule has 1 rings (SSSR count). The van der Waals surface area contributed by atoms with Gasteiger partial charge in [-0.05, 0) is 13.0 Å². The second kappa shape index (κ2) is 5.20. The van der Waals surface area contributed by atoms with Crippen LogP contribution in [0.1, 0.15) is 11.3 Å². The first-order valence-corrected chi connectivity index (χ1v) is 4.85. The van der Waals surface area contributed by atoms with Gasteiger partial charge in [0, 0.05) is 19.7 Å². The third-order valence-corrected chi connectivity index (χ3v) is 2.06. The molecule has 0 aromatic carbocycles. The summed E-state index contributed by atoms with van der Waals surface area (Å²) in [4.78, 5) is 9.67. The van der Waals surface area contributed by atoms with Crippen LogP contribution in [-0.4, -0.2) is 30.9 Å². The zero-order valence-corrected chi connectivity index (χ0v) is 9.77. The molecule has 0 bridgehead atoms. The summed E-state index contributed by atoms with van der Waals surface area (Å²) >= 11 is 0. The van der Waals surface area contributed by atoms with Crippen molar-refractivity contribution < 1.29 is 4.42 Å². The maximum absolute atomic E-state index is 5.60. The minimum Gasteiger partial charge on any atom is -0.469 e. The average molecular weight is 223 g/mol. The SMILES string of the molecule is Cc1occc1CN=C(N)N=C(N)N(C)C. The van der Waals surface area contributed by atoms with Crippen molar-refractivity contribution in [2.24, 2.45) is 21.5 Å². The molecule has 4 N–H and O–H groups in total. The van der Waals surface area contributed by atoms with Gasteiger partial charge < -0.3 is 20.8 Å². The molecule has 6 heteroatoms. The molecule has 0 aliphatic rings. The lowest BCUT2D eigenvalue weighted by atomic mass is 10.3. The molecule has 1 aromatic heterocycles. The first-order chi connectivity index (χ1) is 7.50. The summed E-state index contributed by atoms with van der Waals surface area (Å²) in [6.45, 7) is 2.32. The summed E-state index contributed by atoms with van der Waals surface area (Å²) in [5.41, 5.74) is 12.2. The van der Waals surface area contributed by atoms with Gasteiger partial charge >= 0.3 is 0 Å². The van der Waals surface area contributed by atoms with Crippen LogP contribution in [0.15, 0.2) is 26.7 Å². The van der Waals surface area contributed by atoms with E-state index in [2.05, 4.69) is 9.98 Å². The monoisotopic (exact) mass is 223 g/mol. The Morgan fingerprint density at radius 1 is 1.44 bits per heavy atom. The Hall–Kier alpha value is -1.98. The van der Waals surface area contributed by atoms with Crippen LogP contribution in [0.2, 0.25) is 0 Å². The van der Waals surface area contributed by atoms with Gasteiger partial charge in [-0.3, -0.25) is 0 Å². The van der Waals surface area contributed by atoms with E-state index in [4.69, 9.17) is 15.9 Å². The number of rotatable bonds is 2. The molecule has 16 heavy (non-hydrogen) atoms. The quantitative estimate of drug-likeness (QED) is 0.556. The van der Waals surface area contributed by atoms with E-state index >= 15 is 0 Å². The normalized spacial score (nSPS) is 12.9. The summed E-state index contributed by atoms with van der Waals surface area (Å²) in [7, 11) is 3.57. The number of furan rings is 1. The van der Waals surface area contributed by atoms with E-state index < -0.39 is 0 Å². The van der Waals surface area contributed by atoms with Crippen LogP contribution >= 0.6 is 0 Å². The number of guanidine groups is 2. The molecule has 0 spiro atoms. The van der Waals surface area contributed by atoms with Crippen LogP contribution < -0.4 is 11.5 Å². The maximum atomic E-state index is 5.60. The Morgan fingerprint density at radius 2 is 2.12 bits per heavy atom. The fourth-order valence-corrected chi connectivity index (χ4v) is 0.994. The second-order valence-electron chi connectivity index (χ2n) is 3.54. The van der Waals surface area contributed by atoms with Crippen molar-refractivity contribution in [3.63, 3.8) is 0 Å². The Balaban J connectivity index is 2.65. The molecule has 0 saturated heterocycles. The highest BCUT2D eigenvalue weighted by Crippen LogP contribution is 2.09. The minimum absolute atomic E-state index is 0.159. The van der Waals surface area contributed by atoms with Crippen molar-refractivity contribution >= 4 is 11.9 Å². The molecule has 0 atom stereocenters. The van der Waals surface area contributed by atoms with Crippen molar-refractivity contribution in [3.05, 3.63) is 23.7 Å². The van der Waals surface area contributed by atoms with E-state index in [1.54, 1.807) is 25.3 Å². The molecule has 88 valence electrons. The summed E-state index contributed by atoms with van der Waals surface area (Å²) in [6, 6.07) is 1.85. The van der Waals surface area contributed by atoms with Gasteiger partial charge in [0.15, 0.2) is 5.96 Å². The van der Waals surface area contributed by atoms with Gasteiger partial charge in [0.05, 0.1) is 12.8 Å². The van der Waals surface area contributed by atoms with Crippen molar-refractivity contribution in [1.29, 1.82) is 0 Å². The Labute approximate surface area is 94.6 Å².